The number of nitrogens with one attached hydrogen (secondary N) is 2. The van der Waals surface area contributed by atoms with Gasteiger partial charge < -0.3 is 15.0 Å². The number of sulfonamides is 1. The van der Waals surface area contributed by atoms with Crippen LogP contribution < -0.4 is 14.9 Å². The molecule has 3 rings (SSSR count). The number of halogens is 1. The summed E-state index contributed by atoms with van der Waals surface area (Å²) in [7, 11) is -2.97. The van der Waals surface area contributed by atoms with Gasteiger partial charge in [-0.2, -0.15) is 0 Å². The Balaban J connectivity index is 0.00000256. The van der Waals surface area contributed by atoms with Crippen LogP contribution in [0.3, 0.4) is 0 Å². The summed E-state index contributed by atoms with van der Waals surface area (Å²) < 4.78 is 30.2. The van der Waals surface area contributed by atoms with Gasteiger partial charge in [0.25, 0.3) is 10.0 Å². The lowest BCUT2D eigenvalue weighted by atomic mass is 10.00. The Bertz CT molecular complexity index is 1070. The van der Waals surface area contributed by atoms with Crippen molar-refractivity contribution >= 4 is 45.0 Å². The zero-order chi connectivity index (χ0) is 21.9. The Kier molecular flexibility index (Phi) is 6.52. The SMILES string of the molecule is COC(=O)NS(=O)(=O)c1ccc(NC(=O)[C@@H](C)N2CCCc3cc(Cl)ccc32)cc1.[HH].[HH]. The van der Waals surface area contributed by atoms with Crippen molar-refractivity contribution in [2.45, 2.75) is 30.7 Å². The minimum absolute atomic E-state index is 0. The first kappa shape index (κ1) is 21.9. The Morgan fingerprint density at radius 3 is 2.57 bits per heavy atom. The number of rotatable bonds is 5. The lowest BCUT2D eigenvalue weighted by Gasteiger charge is -2.35. The highest BCUT2D eigenvalue weighted by molar-refractivity contribution is 7.90. The van der Waals surface area contributed by atoms with E-state index in [4.69, 9.17) is 11.6 Å². The molecule has 0 bridgehead atoms. The first-order chi connectivity index (χ1) is 14.2. The quantitative estimate of drug-likeness (QED) is 0.712. The van der Waals surface area contributed by atoms with Crippen molar-refractivity contribution in [3.63, 3.8) is 0 Å². The van der Waals surface area contributed by atoms with Crippen LogP contribution in [0.4, 0.5) is 16.2 Å². The molecule has 0 spiro atoms. The van der Waals surface area contributed by atoms with Gasteiger partial charge >= 0.3 is 6.09 Å². The molecule has 0 radical (unpaired) electrons. The van der Waals surface area contributed by atoms with Gasteiger partial charge in [-0.3, -0.25) is 4.79 Å². The predicted molar refractivity (Wildman–Crippen MR) is 119 cm³/mol. The van der Waals surface area contributed by atoms with Crippen molar-refractivity contribution in [3.05, 3.63) is 53.1 Å². The number of carbonyl (C=O) groups excluding carboxylic acids is 2. The van der Waals surface area contributed by atoms with E-state index >= 15 is 0 Å². The summed E-state index contributed by atoms with van der Waals surface area (Å²) in [5.74, 6) is -0.221. The Morgan fingerprint density at radius 2 is 1.90 bits per heavy atom. The molecule has 0 unspecified atom stereocenters. The second kappa shape index (κ2) is 8.93. The number of hydrogen-bond acceptors (Lipinski definition) is 6. The molecule has 8 nitrogen and oxygen atoms in total. The van der Waals surface area contributed by atoms with E-state index in [1.54, 1.807) is 4.72 Å². The van der Waals surface area contributed by atoms with Crippen molar-refractivity contribution in [2.24, 2.45) is 0 Å². The van der Waals surface area contributed by atoms with E-state index < -0.39 is 22.2 Å². The second-order valence-electron chi connectivity index (χ2n) is 6.86. The number of carbonyl (C=O) groups is 2. The van der Waals surface area contributed by atoms with E-state index in [9.17, 15) is 18.0 Å². The van der Waals surface area contributed by atoms with Gasteiger partial charge in [0.1, 0.15) is 6.04 Å². The highest BCUT2D eigenvalue weighted by Gasteiger charge is 2.26. The van der Waals surface area contributed by atoms with Crippen molar-refractivity contribution in [2.75, 3.05) is 23.9 Å². The average molecular weight is 456 g/mol. The van der Waals surface area contributed by atoms with Crippen LogP contribution >= 0.6 is 11.6 Å². The summed E-state index contributed by atoms with van der Waals surface area (Å²) in [5.41, 5.74) is 2.54. The maximum Gasteiger partial charge on any atom is 0.420 e. The summed E-state index contributed by atoms with van der Waals surface area (Å²) in [5, 5.41) is 3.47. The lowest BCUT2D eigenvalue weighted by molar-refractivity contribution is -0.117. The summed E-state index contributed by atoms with van der Waals surface area (Å²) in [6, 6.07) is 10.7. The maximum atomic E-state index is 12.8. The molecule has 1 aliphatic heterocycles. The van der Waals surface area contributed by atoms with Crippen LogP contribution in [0.1, 0.15) is 21.8 Å². The fourth-order valence-electron chi connectivity index (χ4n) is 3.31. The third-order valence-corrected chi connectivity index (χ3v) is 6.44. The number of benzene rings is 2. The third-order valence-electron chi connectivity index (χ3n) is 4.88. The number of fused-ring (bicyclic) bond motifs is 1. The van der Waals surface area contributed by atoms with Crippen LogP contribution in [0.15, 0.2) is 47.4 Å². The minimum Gasteiger partial charge on any atom is -0.452 e. The van der Waals surface area contributed by atoms with E-state index in [1.165, 1.54) is 24.3 Å². The molecule has 164 valence electrons. The number of ether oxygens (including phenoxy) is 1. The molecule has 0 aromatic heterocycles. The topological polar surface area (TPSA) is 105 Å². The number of aryl methyl sites for hydroxylation is 1. The van der Waals surface area contributed by atoms with Crippen LogP contribution in [-0.2, 0) is 26.0 Å². The molecule has 0 saturated heterocycles. The zero-order valence-electron chi connectivity index (χ0n) is 16.5. The Hall–Kier alpha value is -2.78. The van der Waals surface area contributed by atoms with Gasteiger partial charge in [-0.05, 0) is 67.8 Å². The molecule has 2 aromatic rings. The summed E-state index contributed by atoms with van der Waals surface area (Å²) in [6.45, 7) is 2.57. The molecule has 30 heavy (non-hydrogen) atoms. The number of methoxy groups -OCH3 is 1. The van der Waals surface area contributed by atoms with E-state index in [0.717, 1.165) is 37.7 Å². The summed E-state index contributed by atoms with van der Waals surface area (Å²) in [6.07, 6.45) is 0.755. The molecule has 10 heteroatoms. The average Bonchev–Trinajstić information content (AvgIpc) is 2.72. The molecule has 2 amide bonds. The first-order valence-corrected chi connectivity index (χ1v) is 11.1. The highest BCUT2D eigenvalue weighted by Crippen LogP contribution is 2.31. The summed E-state index contributed by atoms with van der Waals surface area (Å²) in [4.78, 5) is 25.9. The van der Waals surface area contributed by atoms with Gasteiger partial charge in [-0.1, -0.05) is 11.6 Å². The number of nitrogens with zero attached hydrogens (tertiary/aromatic N) is 1. The van der Waals surface area contributed by atoms with Crippen molar-refractivity contribution in [1.82, 2.24) is 4.72 Å². The Morgan fingerprint density at radius 1 is 1.20 bits per heavy atom. The molecule has 1 aliphatic rings. The minimum atomic E-state index is -4.04. The molecule has 2 N–H and O–H groups in total. The molecule has 1 heterocycles. The fourth-order valence-corrected chi connectivity index (χ4v) is 4.42. The van der Waals surface area contributed by atoms with Crippen LogP contribution in [0.2, 0.25) is 5.02 Å². The number of amides is 2. The van der Waals surface area contributed by atoms with E-state index in [0.29, 0.717) is 10.7 Å². The summed E-state index contributed by atoms with van der Waals surface area (Å²) >= 11 is 6.08. The van der Waals surface area contributed by atoms with Gasteiger partial charge in [0.2, 0.25) is 5.91 Å². The molecular weight excluding hydrogens is 430 g/mol. The van der Waals surface area contributed by atoms with E-state index in [2.05, 4.69) is 10.1 Å². The molecule has 2 aromatic carbocycles. The van der Waals surface area contributed by atoms with Gasteiger partial charge in [0, 0.05) is 25.8 Å². The van der Waals surface area contributed by atoms with Gasteiger partial charge in [0.15, 0.2) is 0 Å². The van der Waals surface area contributed by atoms with Crippen LogP contribution in [0.5, 0.6) is 0 Å². The number of hydrogen-bond donors (Lipinski definition) is 2. The van der Waals surface area contributed by atoms with Crippen LogP contribution in [-0.4, -0.2) is 40.1 Å². The first-order valence-electron chi connectivity index (χ1n) is 9.28. The van der Waals surface area contributed by atoms with Crippen LogP contribution in [0.25, 0.3) is 0 Å². The van der Waals surface area contributed by atoms with Gasteiger partial charge in [0.05, 0.1) is 12.0 Å². The monoisotopic (exact) mass is 455 g/mol. The second-order valence-corrected chi connectivity index (χ2v) is 8.98. The molecule has 0 aliphatic carbocycles. The Labute approximate surface area is 183 Å². The van der Waals surface area contributed by atoms with E-state index in [-0.39, 0.29) is 13.7 Å². The van der Waals surface area contributed by atoms with Gasteiger partial charge in [-0.25, -0.2) is 17.9 Å². The van der Waals surface area contributed by atoms with E-state index in [1.807, 2.05) is 30.0 Å². The highest BCUT2D eigenvalue weighted by atomic mass is 35.5. The molecule has 0 saturated carbocycles. The van der Waals surface area contributed by atoms with Crippen molar-refractivity contribution in [1.29, 1.82) is 0 Å². The predicted octanol–water partition coefficient (Wildman–Crippen LogP) is 3.66. The number of anilines is 2. The van der Waals surface area contributed by atoms with Gasteiger partial charge in [-0.15, -0.1) is 0 Å². The standard InChI is InChI=1S/C20H22ClN3O5S.2H2/c1-13(24-11-3-4-14-12-15(21)5-10-18(14)24)19(25)22-16-6-8-17(9-7-16)30(27,28)23-20(26)29-2;;/h5-10,12-13H,3-4,11H2,1-2H3,(H,22,25)(H,23,26);2*1H/t13-;;/m1../s1. The van der Waals surface area contributed by atoms with Crippen LogP contribution in [0, 0.1) is 0 Å². The smallest absolute Gasteiger partial charge is 0.420 e. The zero-order valence-corrected chi connectivity index (χ0v) is 18.1. The molecule has 0 fully saturated rings. The third kappa shape index (κ3) is 4.85. The lowest BCUT2D eigenvalue weighted by Crippen LogP contribution is -2.44. The van der Waals surface area contributed by atoms with Crippen molar-refractivity contribution < 1.29 is 25.6 Å². The molecular formula is C20H26ClN3O5S. The van der Waals surface area contributed by atoms with Crippen molar-refractivity contribution in [3.8, 4) is 0 Å². The molecule has 1 atom stereocenters. The fraction of sp³-hybridized carbons (Fsp3) is 0.300. The maximum absolute atomic E-state index is 12.8. The normalized spacial score (nSPS) is 14.4. The largest absolute Gasteiger partial charge is 0.452 e.